The van der Waals surface area contributed by atoms with Crippen molar-refractivity contribution in [3.8, 4) is 11.4 Å². The standard InChI is InChI=1S/C16H16N4O/c1-20(2)13-6-3-11(4-7-13)16-18-14-8-5-12(17-10-21)9-15(14)19-16/h3-10H,1-2H3,(H,17,21)(H,18,19). The van der Waals surface area contributed by atoms with E-state index in [2.05, 4.69) is 32.3 Å². The van der Waals surface area contributed by atoms with E-state index in [1.54, 1.807) is 0 Å². The Morgan fingerprint density at radius 3 is 2.57 bits per heavy atom. The van der Waals surface area contributed by atoms with E-state index in [0.29, 0.717) is 6.41 Å². The van der Waals surface area contributed by atoms with Crippen LogP contribution in [0, 0.1) is 0 Å². The van der Waals surface area contributed by atoms with Crippen molar-refractivity contribution in [3.63, 3.8) is 0 Å². The Hall–Kier alpha value is -2.82. The van der Waals surface area contributed by atoms with E-state index in [1.807, 2.05) is 44.4 Å². The lowest BCUT2D eigenvalue weighted by atomic mass is 10.2. The van der Waals surface area contributed by atoms with Crippen molar-refractivity contribution in [2.75, 3.05) is 24.3 Å². The molecule has 0 aliphatic heterocycles. The summed E-state index contributed by atoms with van der Waals surface area (Å²) in [5.41, 5.74) is 4.69. The Morgan fingerprint density at radius 2 is 1.90 bits per heavy atom. The Morgan fingerprint density at radius 1 is 1.14 bits per heavy atom. The highest BCUT2D eigenvalue weighted by Gasteiger charge is 2.06. The fraction of sp³-hybridized carbons (Fsp3) is 0.125. The lowest BCUT2D eigenvalue weighted by molar-refractivity contribution is -0.105. The number of benzene rings is 2. The van der Waals surface area contributed by atoms with Gasteiger partial charge in [-0.3, -0.25) is 4.79 Å². The first-order valence-electron chi connectivity index (χ1n) is 6.65. The number of rotatable bonds is 4. The summed E-state index contributed by atoms with van der Waals surface area (Å²) in [6.07, 6.45) is 0.665. The number of nitrogens with one attached hydrogen (secondary N) is 2. The van der Waals surface area contributed by atoms with Gasteiger partial charge in [0.15, 0.2) is 0 Å². The first kappa shape index (κ1) is 13.2. The summed E-state index contributed by atoms with van der Waals surface area (Å²) >= 11 is 0. The summed E-state index contributed by atoms with van der Waals surface area (Å²) in [6.45, 7) is 0. The van der Waals surface area contributed by atoms with Gasteiger partial charge in [-0.25, -0.2) is 4.98 Å². The van der Waals surface area contributed by atoms with Crippen LogP contribution in [0.2, 0.25) is 0 Å². The summed E-state index contributed by atoms with van der Waals surface area (Å²) in [4.78, 5) is 20.4. The summed E-state index contributed by atoms with van der Waals surface area (Å²) in [7, 11) is 4.02. The molecule has 1 heterocycles. The predicted molar refractivity (Wildman–Crippen MR) is 85.5 cm³/mol. The molecule has 0 spiro atoms. The molecule has 1 aromatic heterocycles. The number of nitrogens with zero attached hydrogens (tertiary/aromatic N) is 2. The Bertz CT molecular complexity index is 775. The number of hydrogen-bond acceptors (Lipinski definition) is 3. The second-order valence-electron chi connectivity index (χ2n) is 5.02. The van der Waals surface area contributed by atoms with Gasteiger partial charge in [-0.2, -0.15) is 0 Å². The van der Waals surface area contributed by atoms with E-state index in [1.165, 1.54) is 0 Å². The number of amides is 1. The molecule has 5 nitrogen and oxygen atoms in total. The minimum absolute atomic E-state index is 0.665. The summed E-state index contributed by atoms with van der Waals surface area (Å²) < 4.78 is 0. The molecule has 2 aromatic carbocycles. The number of anilines is 2. The molecule has 0 bridgehead atoms. The third-order valence-electron chi connectivity index (χ3n) is 3.36. The first-order chi connectivity index (χ1) is 10.2. The summed E-state index contributed by atoms with van der Waals surface area (Å²) in [5.74, 6) is 0.818. The van der Waals surface area contributed by atoms with Gasteiger partial charge in [-0.1, -0.05) is 0 Å². The normalized spacial score (nSPS) is 10.6. The third kappa shape index (κ3) is 2.58. The van der Waals surface area contributed by atoms with Crippen molar-refractivity contribution >= 4 is 28.8 Å². The minimum Gasteiger partial charge on any atom is -0.378 e. The van der Waals surface area contributed by atoms with Crippen LogP contribution in [0.3, 0.4) is 0 Å². The number of aromatic nitrogens is 2. The fourth-order valence-electron chi connectivity index (χ4n) is 2.22. The quantitative estimate of drug-likeness (QED) is 0.722. The minimum atomic E-state index is 0.665. The van der Waals surface area contributed by atoms with Gasteiger partial charge in [0, 0.05) is 31.0 Å². The number of imidazole rings is 1. The van der Waals surface area contributed by atoms with Crippen LogP contribution < -0.4 is 10.2 Å². The maximum atomic E-state index is 10.5. The van der Waals surface area contributed by atoms with Crippen molar-refractivity contribution in [2.24, 2.45) is 0 Å². The first-order valence-corrected chi connectivity index (χ1v) is 6.65. The largest absolute Gasteiger partial charge is 0.378 e. The molecule has 106 valence electrons. The van der Waals surface area contributed by atoms with Crippen molar-refractivity contribution in [1.82, 2.24) is 9.97 Å². The van der Waals surface area contributed by atoms with Crippen LogP contribution in [0.5, 0.6) is 0 Å². The van der Waals surface area contributed by atoms with Crippen LogP contribution in [0.1, 0.15) is 0 Å². The van der Waals surface area contributed by atoms with Gasteiger partial charge in [0.05, 0.1) is 11.0 Å². The van der Waals surface area contributed by atoms with E-state index in [4.69, 9.17) is 0 Å². The number of aromatic amines is 1. The fourth-order valence-corrected chi connectivity index (χ4v) is 2.22. The van der Waals surface area contributed by atoms with Crippen LogP contribution in [-0.4, -0.2) is 30.5 Å². The number of carbonyl (C=O) groups is 1. The van der Waals surface area contributed by atoms with E-state index >= 15 is 0 Å². The number of H-pyrrole nitrogens is 1. The Labute approximate surface area is 122 Å². The van der Waals surface area contributed by atoms with Crippen molar-refractivity contribution in [1.29, 1.82) is 0 Å². The molecule has 0 aliphatic rings. The predicted octanol–water partition coefficient (Wildman–Crippen LogP) is 2.86. The lowest BCUT2D eigenvalue weighted by Crippen LogP contribution is -2.07. The van der Waals surface area contributed by atoms with Gasteiger partial charge >= 0.3 is 0 Å². The Balaban J connectivity index is 1.98. The van der Waals surface area contributed by atoms with E-state index < -0.39 is 0 Å². The number of carbonyl (C=O) groups excluding carboxylic acids is 1. The average Bonchev–Trinajstić information content (AvgIpc) is 2.91. The average molecular weight is 280 g/mol. The zero-order chi connectivity index (χ0) is 14.8. The van der Waals surface area contributed by atoms with Crippen LogP contribution in [0.25, 0.3) is 22.4 Å². The topological polar surface area (TPSA) is 61.0 Å². The molecule has 3 aromatic rings. The molecule has 1 amide bonds. The summed E-state index contributed by atoms with van der Waals surface area (Å²) in [5, 5.41) is 2.63. The van der Waals surface area contributed by atoms with Gasteiger partial charge in [-0.15, -0.1) is 0 Å². The van der Waals surface area contributed by atoms with Gasteiger partial charge in [0.25, 0.3) is 0 Å². The molecule has 5 heteroatoms. The molecular weight excluding hydrogens is 264 g/mol. The van der Waals surface area contributed by atoms with Crippen molar-refractivity contribution in [3.05, 3.63) is 42.5 Å². The maximum absolute atomic E-state index is 10.5. The highest BCUT2D eigenvalue weighted by Crippen LogP contribution is 2.24. The Kier molecular flexibility index (Phi) is 3.31. The smallest absolute Gasteiger partial charge is 0.211 e. The zero-order valence-electron chi connectivity index (χ0n) is 11.9. The molecule has 0 saturated carbocycles. The van der Waals surface area contributed by atoms with Gasteiger partial charge in [0.1, 0.15) is 5.82 Å². The number of hydrogen-bond donors (Lipinski definition) is 2. The third-order valence-corrected chi connectivity index (χ3v) is 3.36. The molecule has 2 N–H and O–H groups in total. The molecule has 0 radical (unpaired) electrons. The second kappa shape index (κ2) is 5.28. The highest BCUT2D eigenvalue weighted by atomic mass is 16.1. The zero-order valence-corrected chi connectivity index (χ0v) is 11.9. The molecular formula is C16H16N4O. The van der Waals surface area contributed by atoms with Crippen LogP contribution in [0.15, 0.2) is 42.5 Å². The van der Waals surface area contributed by atoms with Gasteiger partial charge in [-0.05, 0) is 42.5 Å². The molecule has 0 unspecified atom stereocenters. The lowest BCUT2D eigenvalue weighted by Gasteiger charge is -2.11. The van der Waals surface area contributed by atoms with Crippen LogP contribution in [0.4, 0.5) is 11.4 Å². The summed E-state index contributed by atoms with van der Waals surface area (Å²) in [6, 6.07) is 13.8. The van der Waals surface area contributed by atoms with Crippen LogP contribution in [-0.2, 0) is 4.79 Å². The molecule has 0 fully saturated rings. The highest BCUT2D eigenvalue weighted by molar-refractivity contribution is 5.85. The molecule has 0 saturated heterocycles. The van der Waals surface area contributed by atoms with Gasteiger partial charge in [0.2, 0.25) is 6.41 Å². The van der Waals surface area contributed by atoms with Gasteiger partial charge < -0.3 is 15.2 Å². The monoisotopic (exact) mass is 280 g/mol. The molecule has 3 rings (SSSR count). The van der Waals surface area contributed by atoms with E-state index in [0.717, 1.165) is 33.8 Å². The number of fused-ring (bicyclic) bond motifs is 1. The molecule has 0 aliphatic carbocycles. The van der Waals surface area contributed by atoms with Crippen LogP contribution >= 0.6 is 0 Å². The van der Waals surface area contributed by atoms with E-state index in [9.17, 15) is 4.79 Å². The van der Waals surface area contributed by atoms with Crippen molar-refractivity contribution < 1.29 is 4.79 Å². The van der Waals surface area contributed by atoms with Crippen molar-refractivity contribution in [2.45, 2.75) is 0 Å². The second-order valence-corrected chi connectivity index (χ2v) is 5.02. The maximum Gasteiger partial charge on any atom is 0.211 e. The van der Waals surface area contributed by atoms with E-state index in [-0.39, 0.29) is 0 Å². The molecule has 21 heavy (non-hydrogen) atoms. The molecule has 0 atom stereocenters. The SMILES string of the molecule is CN(C)c1ccc(-c2nc3ccc(NC=O)cc3[nH]2)cc1.